The zero-order chi connectivity index (χ0) is 20.5. The minimum absolute atomic E-state index is 0.265. The van der Waals surface area contributed by atoms with Crippen LogP contribution in [0.2, 0.25) is 0 Å². The van der Waals surface area contributed by atoms with Gasteiger partial charge in [0.15, 0.2) is 0 Å². The molecule has 2 amide bonds. The van der Waals surface area contributed by atoms with Crippen LogP contribution in [0.25, 0.3) is 0 Å². The van der Waals surface area contributed by atoms with Crippen molar-refractivity contribution in [2.45, 2.75) is 44.6 Å². The number of carbonyl (C=O) groups is 3. The van der Waals surface area contributed by atoms with Crippen molar-refractivity contribution >= 4 is 17.6 Å². The third kappa shape index (κ3) is 5.84. The zero-order valence-electron chi connectivity index (χ0n) is 16.7. The van der Waals surface area contributed by atoms with Crippen LogP contribution in [0.5, 0.6) is 0 Å². The molecule has 5 heteroatoms. The van der Waals surface area contributed by atoms with Crippen LogP contribution in [0.4, 0.5) is 0 Å². The van der Waals surface area contributed by atoms with Gasteiger partial charge in [0.1, 0.15) is 0 Å². The molecule has 1 unspecified atom stereocenters. The highest BCUT2D eigenvalue weighted by atomic mass is 16.2. The van der Waals surface area contributed by atoms with Gasteiger partial charge in [0.05, 0.1) is 6.04 Å². The van der Waals surface area contributed by atoms with Crippen LogP contribution >= 0.6 is 0 Å². The number of rotatable bonds is 8. The number of carbonyl (C=O) groups excluding carboxylic acids is 3. The molecule has 0 spiro atoms. The van der Waals surface area contributed by atoms with E-state index in [0.717, 1.165) is 32.2 Å². The van der Waals surface area contributed by atoms with Crippen molar-refractivity contribution in [3.63, 3.8) is 0 Å². The average molecular weight is 392 g/mol. The number of hydrogen-bond acceptors (Lipinski definition) is 4. The Morgan fingerprint density at radius 3 is 2.24 bits per heavy atom. The van der Waals surface area contributed by atoms with E-state index in [0.29, 0.717) is 18.4 Å². The summed E-state index contributed by atoms with van der Waals surface area (Å²) in [7, 11) is 0. The second-order valence-corrected chi connectivity index (χ2v) is 7.44. The molecule has 0 bridgehead atoms. The van der Waals surface area contributed by atoms with E-state index in [-0.39, 0.29) is 18.5 Å². The molecule has 1 fully saturated rings. The number of piperidine rings is 1. The molecule has 0 aromatic heterocycles. The Kier molecular flexibility index (Phi) is 7.70. The van der Waals surface area contributed by atoms with Gasteiger partial charge in [0.2, 0.25) is 5.91 Å². The summed E-state index contributed by atoms with van der Waals surface area (Å²) < 4.78 is 0. The molecule has 1 heterocycles. The number of benzene rings is 2. The lowest BCUT2D eigenvalue weighted by Crippen LogP contribution is -2.52. The maximum atomic E-state index is 13.0. The van der Waals surface area contributed by atoms with Gasteiger partial charge in [-0.3, -0.25) is 19.3 Å². The Hall–Kier alpha value is -2.79. The highest BCUT2D eigenvalue weighted by Crippen LogP contribution is 2.14. The van der Waals surface area contributed by atoms with E-state index in [1.165, 1.54) is 10.5 Å². The maximum absolute atomic E-state index is 13.0. The summed E-state index contributed by atoms with van der Waals surface area (Å²) >= 11 is 0. The minimum Gasteiger partial charge on any atom is -0.306 e. The molecule has 1 atom stereocenters. The first-order valence-electron chi connectivity index (χ1n) is 10.4. The lowest BCUT2D eigenvalue weighted by atomic mass is 10.0. The number of unbranched alkanes of at least 4 members (excludes halogenated alkanes) is 1. The van der Waals surface area contributed by atoms with Crippen molar-refractivity contribution in [1.82, 2.24) is 10.2 Å². The summed E-state index contributed by atoms with van der Waals surface area (Å²) in [6, 6.07) is 18.2. The standard InChI is InChI=1S/C24H28N2O3/c27-22(20-14-5-2-6-15-20)24(29)26(23(28)21-16-7-9-17-25-21)18-10-8-13-19-11-3-1-4-12-19/h1-6,11-12,14-15,21,25H,7-10,13,16-18H2. The van der Waals surface area contributed by atoms with E-state index in [1.54, 1.807) is 30.3 Å². The Morgan fingerprint density at radius 1 is 0.897 bits per heavy atom. The summed E-state index contributed by atoms with van der Waals surface area (Å²) in [5.41, 5.74) is 1.54. The van der Waals surface area contributed by atoms with Crippen LogP contribution < -0.4 is 5.32 Å². The first-order valence-corrected chi connectivity index (χ1v) is 10.4. The van der Waals surface area contributed by atoms with Crippen LogP contribution in [-0.4, -0.2) is 41.6 Å². The smallest absolute Gasteiger partial charge is 0.301 e. The average Bonchev–Trinajstić information content (AvgIpc) is 2.79. The molecule has 0 saturated carbocycles. The predicted octanol–water partition coefficient (Wildman–Crippen LogP) is 3.39. The molecule has 1 aliphatic rings. The normalized spacial score (nSPS) is 16.2. The molecule has 1 N–H and O–H groups in total. The van der Waals surface area contributed by atoms with E-state index < -0.39 is 11.7 Å². The molecule has 2 aromatic carbocycles. The fourth-order valence-corrected chi connectivity index (χ4v) is 3.64. The molecule has 0 radical (unpaired) electrons. The van der Waals surface area contributed by atoms with Gasteiger partial charge in [0, 0.05) is 12.1 Å². The van der Waals surface area contributed by atoms with Gasteiger partial charge in [-0.05, 0) is 44.2 Å². The molecule has 1 saturated heterocycles. The van der Waals surface area contributed by atoms with Crippen molar-refractivity contribution in [1.29, 1.82) is 0 Å². The van der Waals surface area contributed by atoms with E-state index in [1.807, 2.05) is 18.2 Å². The number of imide groups is 1. The first-order chi connectivity index (χ1) is 14.2. The minimum atomic E-state index is -0.728. The summed E-state index contributed by atoms with van der Waals surface area (Å²) in [5, 5.41) is 3.19. The lowest BCUT2D eigenvalue weighted by Gasteiger charge is -2.28. The summed E-state index contributed by atoms with van der Waals surface area (Å²) in [5.74, 6) is -1.63. The Labute approximate surface area is 172 Å². The Morgan fingerprint density at radius 2 is 1.59 bits per heavy atom. The third-order valence-corrected chi connectivity index (χ3v) is 5.29. The summed E-state index contributed by atoms with van der Waals surface area (Å²) in [4.78, 5) is 39.8. The van der Waals surface area contributed by atoms with E-state index >= 15 is 0 Å². The Bertz CT molecular complexity index is 815. The molecule has 152 valence electrons. The van der Waals surface area contributed by atoms with Crippen molar-refractivity contribution in [3.05, 3.63) is 71.8 Å². The second kappa shape index (κ2) is 10.7. The maximum Gasteiger partial charge on any atom is 0.301 e. The van der Waals surface area contributed by atoms with E-state index in [9.17, 15) is 14.4 Å². The Balaban J connectivity index is 1.66. The van der Waals surface area contributed by atoms with Gasteiger partial charge in [-0.15, -0.1) is 0 Å². The van der Waals surface area contributed by atoms with Gasteiger partial charge >= 0.3 is 5.91 Å². The van der Waals surface area contributed by atoms with Crippen LogP contribution in [0.1, 0.15) is 48.0 Å². The molecular formula is C24H28N2O3. The summed E-state index contributed by atoms with van der Waals surface area (Å²) in [6.07, 6.45) is 5.07. The molecule has 2 aromatic rings. The van der Waals surface area contributed by atoms with Crippen molar-refractivity contribution in [3.8, 4) is 0 Å². The lowest BCUT2D eigenvalue weighted by molar-refractivity contribution is -0.144. The highest BCUT2D eigenvalue weighted by molar-refractivity contribution is 6.44. The fourth-order valence-electron chi connectivity index (χ4n) is 3.64. The van der Waals surface area contributed by atoms with Gasteiger partial charge in [-0.2, -0.15) is 0 Å². The van der Waals surface area contributed by atoms with E-state index in [4.69, 9.17) is 0 Å². The number of Topliss-reactive ketones (excluding diaryl/α,β-unsaturated/α-hetero) is 1. The molecule has 29 heavy (non-hydrogen) atoms. The van der Waals surface area contributed by atoms with Crippen LogP contribution in [0.15, 0.2) is 60.7 Å². The topological polar surface area (TPSA) is 66.5 Å². The van der Waals surface area contributed by atoms with Crippen LogP contribution in [-0.2, 0) is 16.0 Å². The molecule has 5 nitrogen and oxygen atoms in total. The van der Waals surface area contributed by atoms with Gasteiger partial charge in [0.25, 0.3) is 5.78 Å². The molecular weight excluding hydrogens is 364 g/mol. The number of amides is 2. The predicted molar refractivity (Wildman–Crippen MR) is 113 cm³/mol. The molecule has 0 aliphatic carbocycles. The van der Waals surface area contributed by atoms with Gasteiger partial charge < -0.3 is 5.32 Å². The number of aryl methyl sites for hydroxylation is 1. The van der Waals surface area contributed by atoms with Crippen LogP contribution in [0, 0.1) is 0 Å². The molecule has 1 aliphatic heterocycles. The van der Waals surface area contributed by atoms with Crippen molar-refractivity contribution in [2.24, 2.45) is 0 Å². The number of nitrogens with zero attached hydrogens (tertiary/aromatic N) is 1. The molecule has 3 rings (SSSR count). The summed E-state index contributed by atoms with van der Waals surface area (Å²) in [6.45, 7) is 1.03. The van der Waals surface area contributed by atoms with E-state index in [2.05, 4.69) is 17.4 Å². The number of nitrogens with one attached hydrogen (secondary N) is 1. The zero-order valence-corrected chi connectivity index (χ0v) is 16.7. The fraction of sp³-hybridized carbons (Fsp3) is 0.375. The largest absolute Gasteiger partial charge is 0.306 e. The number of ketones is 1. The SMILES string of the molecule is O=C(C(=O)N(CCCCc1ccccc1)C(=O)C1CCCCN1)c1ccccc1. The van der Waals surface area contributed by atoms with Gasteiger partial charge in [-0.1, -0.05) is 67.1 Å². The van der Waals surface area contributed by atoms with Gasteiger partial charge in [-0.25, -0.2) is 0 Å². The highest BCUT2D eigenvalue weighted by Gasteiger charge is 2.33. The van der Waals surface area contributed by atoms with Crippen LogP contribution in [0.3, 0.4) is 0 Å². The third-order valence-electron chi connectivity index (χ3n) is 5.29. The number of hydrogen-bond donors (Lipinski definition) is 1. The first kappa shape index (κ1) is 20.9. The second-order valence-electron chi connectivity index (χ2n) is 7.44. The van der Waals surface area contributed by atoms with Crippen molar-refractivity contribution < 1.29 is 14.4 Å². The quantitative estimate of drug-likeness (QED) is 0.425. The monoisotopic (exact) mass is 392 g/mol. The van der Waals surface area contributed by atoms with Crippen molar-refractivity contribution in [2.75, 3.05) is 13.1 Å².